The van der Waals surface area contributed by atoms with Gasteiger partial charge in [-0.25, -0.2) is 0 Å². The quantitative estimate of drug-likeness (QED) is 0.907. The lowest BCUT2D eigenvalue weighted by Gasteiger charge is -2.15. The molecule has 0 aromatic heterocycles. The molecule has 0 radical (unpaired) electrons. The van der Waals surface area contributed by atoms with Gasteiger partial charge in [0, 0.05) is 10.5 Å². The van der Waals surface area contributed by atoms with Gasteiger partial charge in [-0.1, -0.05) is 15.9 Å². The van der Waals surface area contributed by atoms with Crippen LogP contribution in [0.15, 0.2) is 16.6 Å². The average Bonchev–Trinajstić information content (AvgIpc) is 2.28. The SMILES string of the molecule is COc1cc(Br)c([C@H](N)CCF)cc1OC. The van der Waals surface area contributed by atoms with Gasteiger partial charge in [-0.3, -0.25) is 4.39 Å². The van der Waals surface area contributed by atoms with Gasteiger partial charge < -0.3 is 15.2 Å². The van der Waals surface area contributed by atoms with Crippen LogP contribution in [0.5, 0.6) is 11.5 Å². The monoisotopic (exact) mass is 291 g/mol. The lowest BCUT2D eigenvalue weighted by molar-refractivity contribution is 0.353. The third-order valence-corrected chi connectivity index (χ3v) is 3.01. The first kappa shape index (κ1) is 13.3. The number of halogens is 2. The molecule has 0 bridgehead atoms. The van der Waals surface area contributed by atoms with E-state index in [1.54, 1.807) is 26.4 Å². The summed E-state index contributed by atoms with van der Waals surface area (Å²) < 4.78 is 23.3. The van der Waals surface area contributed by atoms with Gasteiger partial charge in [0.2, 0.25) is 0 Å². The summed E-state index contributed by atoms with van der Waals surface area (Å²) in [5, 5.41) is 0. The Morgan fingerprint density at radius 3 is 2.38 bits per heavy atom. The lowest BCUT2D eigenvalue weighted by Crippen LogP contribution is -2.12. The van der Waals surface area contributed by atoms with Gasteiger partial charge in [-0.2, -0.15) is 0 Å². The fourth-order valence-electron chi connectivity index (χ4n) is 1.43. The number of rotatable bonds is 5. The summed E-state index contributed by atoms with van der Waals surface area (Å²) in [5.41, 5.74) is 6.67. The van der Waals surface area contributed by atoms with Crippen LogP contribution in [-0.4, -0.2) is 20.9 Å². The average molecular weight is 292 g/mol. The van der Waals surface area contributed by atoms with Crippen molar-refractivity contribution in [1.29, 1.82) is 0 Å². The Kier molecular flexibility index (Phi) is 5.02. The van der Waals surface area contributed by atoms with Crippen molar-refractivity contribution >= 4 is 15.9 Å². The Morgan fingerprint density at radius 2 is 1.88 bits per heavy atom. The highest BCUT2D eigenvalue weighted by atomic mass is 79.9. The summed E-state index contributed by atoms with van der Waals surface area (Å²) >= 11 is 3.38. The smallest absolute Gasteiger partial charge is 0.161 e. The maximum absolute atomic E-state index is 12.2. The van der Waals surface area contributed by atoms with Crippen molar-refractivity contribution in [2.45, 2.75) is 12.5 Å². The third-order valence-electron chi connectivity index (χ3n) is 2.32. The number of nitrogens with two attached hydrogens (primary N) is 1. The van der Waals surface area contributed by atoms with Crippen LogP contribution in [0.4, 0.5) is 4.39 Å². The molecule has 3 nitrogen and oxygen atoms in total. The van der Waals surface area contributed by atoms with Crippen LogP contribution in [0, 0.1) is 0 Å². The maximum atomic E-state index is 12.2. The summed E-state index contributed by atoms with van der Waals surface area (Å²) in [7, 11) is 3.11. The van der Waals surface area contributed by atoms with Crippen LogP contribution in [-0.2, 0) is 0 Å². The molecule has 1 aromatic carbocycles. The molecule has 0 heterocycles. The van der Waals surface area contributed by atoms with Crippen molar-refractivity contribution in [3.05, 3.63) is 22.2 Å². The first-order valence-electron chi connectivity index (χ1n) is 4.87. The molecule has 2 N–H and O–H groups in total. The van der Waals surface area contributed by atoms with Crippen LogP contribution < -0.4 is 15.2 Å². The van der Waals surface area contributed by atoms with E-state index in [-0.39, 0.29) is 12.5 Å². The van der Waals surface area contributed by atoms with E-state index in [0.717, 1.165) is 10.0 Å². The lowest BCUT2D eigenvalue weighted by atomic mass is 10.0. The number of alkyl halides is 1. The van der Waals surface area contributed by atoms with E-state index >= 15 is 0 Å². The summed E-state index contributed by atoms with van der Waals surface area (Å²) in [6, 6.07) is 3.19. The fraction of sp³-hybridized carbons (Fsp3) is 0.455. The second-order valence-corrected chi connectivity index (χ2v) is 4.17. The van der Waals surface area contributed by atoms with Gasteiger partial charge in [0.05, 0.1) is 20.9 Å². The molecule has 0 spiro atoms. The van der Waals surface area contributed by atoms with E-state index in [1.807, 2.05) is 0 Å². The van der Waals surface area contributed by atoms with Crippen LogP contribution in [0.1, 0.15) is 18.0 Å². The maximum Gasteiger partial charge on any atom is 0.161 e. The Bertz CT molecular complexity index is 360. The molecule has 0 saturated heterocycles. The van der Waals surface area contributed by atoms with Crippen LogP contribution in [0.2, 0.25) is 0 Å². The van der Waals surface area contributed by atoms with E-state index in [2.05, 4.69) is 15.9 Å². The molecule has 0 aliphatic heterocycles. The molecule has 0 unspecified atom stereocenters. The van der Waals surface area contributed by atoms with E-state index < -0.39 is 6.67 Å². The zero-order valence-corrected chi connectivity index (χ0v) is 10.9. The predicted octanol–water partition coefficient (Wildman–Crippen LogP) is 2.83. The second-order valence-electron chi connectivity index (χ2n) is 3.31. The standard InChI is InChI=1S/C11H15BrFNO2/c1-15-10-5-7(9(14)3-4-13)8(12)6-11(10)16-2/h5-6,9H,3-4,14H2,1-2H3/t9-/m1/s1. The molecule has 1 atom stereocenters. The van der Waals surface area contributed by atoms with Crippen molar-refractivity contribution in [2.24, 2.45) is 5.73 Å². The minimum absolute atomic E-state index is 0.286. The Hall–Kier alpha value is -0.810. The molecule has 90 valence electrons. The van der Waals surface area contributed by atoms with Crippen molar-refractivity contribution < 1.29 is 13.9 Å². The summed E-state index contributed by atoms with van der Waals surface area (Å²) in [6.45, 7) is -0.443. The first-order valence-corrected chi connectivity index (χ1v) is 5.66. The fourth-order valence-corrected chi connectivity index (χ4v) is 2.04. The van der Waals surface area contributed by atoms with Gasteiger partial charge in [0.1, 0.15) is 0 Å². The molecule has 1 aromatic rings. The minimum atomic E-state index is -0.443. The van der Waals surface area contributed by atoms with Gasteiger partial charge in [0.25, 0.3) is 0 Å². The Balaban J connectivity index is 3.10. The second kappa shape index (κ2) is 6.06. The Labute approximate surface area is 103 Å². The predicted molar refractivity (Wildman–Crippen MR) is 64.8 cm³/mol. The molecule has 5 heteroatoms. The number of benzene rings is 1. The van der Waals surface area contributed by atoms with Crippen molar-refractivity contribution in [1.82, 2.24) is 0 Å². The molecule has 0 aliphatic rings. The molecule has 0 saturated carbocycles. The number of hydrogen-bond donors (Lipinski definition) is 1. The topological polar surface area (TPSA) is 44.5 Å². The van der Waals surface area contributed by atoms with Crippen molar-refractivity contribution in [2.75, 3.05) is 20.9 Å². The highest BCUT2D eigenvalue weighted by Gasteiger charge is 2.14. The van der Waals surface area contributed by atoms with Gasteiger partial charge in [-0.05, 0) is 24.1 Å². The Morgan fingerprint density at radius 1 is 1.31 bits per heavy atom. The summed E-state index contributed by atoms with van der Waals surface area (Å²) in [5.74, 6) is 1.21. The zero-order valence-electron chi connectivity index (χ0n) is 9.30. The minimum Gasteiger partial charge on any atom is -0.493 e. The number of ether oxygens (including phenoxy) is 2. The molecule has 16 heavy (non-hydrogen) atoms. The molecular formula is C11H15BrFNO2. The van der Waals surface area contributed by atoms with Crippen LogP contribution >= 0.6 is 15.9 Å². The van der Waals surface area contributed by atoms with E-state index in [1.165, 1.54) is 0 Å². The number of methoxy groups -OCH3 is 2. The van der Waals surface area contributed by atoms with Crippen molar-refractivity contribution in [3.8, 4) is 11.5 Å². The zero-order chi connectivity index (χ0) is 12.1. The highest BCUT2D eigenvalue weighted by Crippen LogP contribution is 2.36. The summed E-state index contributed by atoms with van der Waals surface area (Å²) in [6.07, 6.45) is 0.286. The normalized spacial score (nSPS) is 12.3. The van der Waals surface area contributed by atoms with Crippen LogP contribution in [0.3, 0.4) is 0 Å². The van der Waals surface area contributed by atoms with Gasteiger partial charge in [0.15, 0.2) is 11.5 Å². The highest BCUT2D eigenvalue weighted by molar-refractivity contribution is 9.10. The molecule has 0 fully saturated rings. The van der Waals surface area contributed by atoms with E-state index in [9.17, 15) is 4.39 Å². The van der Waals surface area contributed by atoms with E-state index in [0.29, 0.717) is 11.5 Å². The number of hydrogen-bond acceptors (Lipinski definition) is 3. The molecule has 0 amide bonds. The van der Waals surface area contributed by atoms with Crippen LogP contribution in [0.25, 0.3) is 0 Å². The van der Waals surface area contributed by atoms with E-state index in [4.69, 9.17) is 15.2 Å². The molecular weight excluding hydrogens is 277 g/mol. The first-order chi connectivity index (χ1) is 7.63. The van der Waals surface area contributed by atoms with Gasteiger partial charge >= 0.3 is 0 Å². The summed E-state index contributed by atoms with van der Waals surface area (Å²) in [4.78, 5) is 0. The largest absolute Gasteiger partial charge is 0.493 e. The third kappa shape index (κ3) is 2.86. The van der Waals surface area contributed by atoms with Gasteiger partial charge in [-0.15, -0.1) is 0 Å². The molecule has 0 aliphatic carbocycles. The molecule has 1 rings (SSSR count). The van der Waals surface area contributed by atoms with Crippen molar-refractivity contribution in [3.63, 3.8) is 0 Å².